The molecule has 1 aliphatic heterocycles. The summed E-state index contributed by atoms with van der Waals surface area (Å²) in [6.07, 6.45) is 8.41. The van der Waals surface area contributed by atoms with Gasteiger partial charge in [0.25, 0.3) is 5.91 Å². The van der Waals surface area contributed by atoms with Crippen LogP contribution in [0, 0.1) is 11.8 Å². The molecule has 0 saturated carbocycles. The zero-order valence-electron chi connectivity index (χ0n) is 18.9. The van der Waals surface area contributed by atoms with E-state index in [2.05, 4.69) is 15.7 Å². The first-order valence-electron chi connectivity index (χ1n) is 11.4. The van der Waals surface area contributed by atoms with Crippen LogP contribution in [0.2, 0.25) is 0 Å². The predicted molar refractivity (Wildman–Crippen MR) is 130 cm³/mol. The maximum absolute atomic E-state index is 13.0. The average molecular weight is 469 g/mol. The molecule has 3 aromatic rings. The summed E-state index contributed by atoms with van der Waals surface area (Å²) in [5, 5.41) is 4.12. The zero-order valence-corrected chi connectivity index (χ0v) is 18.9. The molecule has 0 spiro atoms. The summed E-state index contributed by atoms with van der Waals surface area (Å²) >= 11 is 0. The molecular formula is C27H24N4O4. The molecule has 1 saturated heterocycles. The van der Waals surface area contributed by atoms with Gasteiger partial charge in [0.15, 0.2) is 0 Å². The lowest BCUT2D eigenvalue weighted by Crippen LogP contribution is -2.59. The number of amides is 3. The van der Waals surface area contributed by atoms with Crippen molar-refractivity contribution in [3.05, 3.63) is 96.3 Å². The number of nitrogens with zero attached hydrogens (tertiary/aromatic N) is 2. The summed E-state index contributed by atoms with van der Waals surface area (Å²) in [5.41, 5.74) is 5.00. The first-order chi connectivity index (χ1) is 17.1. The standard InChI is InChI=1S/C27H24N4O4/c32-25(29-20-8-4-10-22(15-20)35-17-18-6-5-13-28-16-18)19-7-3-9-21(14-19)31-27(34)24-12-2-1-11-23(24)26(33)30-31/h1-10,13-16,23-24H,11-12,17H2,(H,29,32)(H,30,33). The second-order valence-electron chi connectivity index (χ2n) is 8.49. The first-order valence-corrected chi connectivity index (χ1v) is 11.4. The Morgan fingerprint density at radius 2 is 1.86 bits per heavy atom. The van der Waals surface area contributed by atoms with Crippen LogP contribution in [0.1, 0.15) is 28.8 Å². The summed E-state index contributed by atoms with van der Waals surface area (Å²) in [6.45, 7) is 0.362. The molecule has 1 aliphatic carbocycles. The second kappa shape index (κ2) is 9.80. The Bertz CT molecular complexity index is 1290. The summed E-state index contributed by atoms with van der Waals surface area (Å²) in [6, 6.07) is 17.5. The van der Waals surface area contributed by atoms with Gasteiger partial charge in [-0.15, -0.1) is 0 Å². The third-order valence-electron chi connectivity index (χ3n) is 6.12. The van der Waals surface area contributed by atoms with E-state index in [1.807, 2.05) is 30.4 Å². The topological polar surface area (TPSA) is 101 Å². The van der Waals surface area contributed by atoms with E-state index in [0.29, 0.717) is 42.1 Å². The quantitative estimate of drug-likeness (QED) is 0.535. The zero-order chi connectivity index (χ0) is 24.2. The van der Waals surface area contributed by atoms with Gasteiger partial charge in [-0.2, -0.15) is 0 Å². The van der Waals surface area contributed by atoms with E-state index in [1.165, 1.54) is 5.01 Å². The number of pyridine rings is 1. The fourth-order valence-corrected chi connectivity index (χ4v) is 4.29. The molecule has 35 heavy (non-hydrogen) atoms. The minimum absolute atomic E-state index is 0.171. The largest absolute Gasteiger partial charge is 0.489 e. The minimum Gasteiger partial charge on any atom is -0.489 e. The first kappa shape index (κ1) is 22.3. The van der Waals surface area contributed by atoms with Crippen LogP contribution in [0.25, 0.3) is 0 Å². The van der Waals surface area contributed by atoms with Gasteiger partial charge in [0.2, 0.25) is 11.8 Å². The molecule has 0 radical (unpaired) electrons. The van der Waals surface area contributed by atoms with E-state index in [1.54, 1.807) is 54.9 Å². The van der Waals surface area contributed by atoms with Crippen LogP contribution in [0.3, 0.4) is 0 Å². The van der Waals surface area contributed by atoms with Gasteiger partial charge in [-0.1, -0.05) is 30.4 Å². The van der Waals surface area contributed by atoms with Crippen molar-refractivity contribution in [2.24, 2.45) is 11.8 Å². The maximum atomic E-state index is 13.0. The Kier molecular flexibility index (Phi) is 6.26. The minimum atomic E-state index is -0.388. The molecule has 2 aliphatic rings. The highest BCUT2D eigenvalue weighted by Gasteiger charge is 2.42. The Hall–Kier alpha value is -4.46. The number of allylic oxidation sites excluding steroid dienone is 2. The molecule has 2 atom stereocenters. The van der Waals surface area contributed by atoms with E-state index in [0.717, 1.165) is 5.56 Å². The SMILES string of the molecule is O=C(Nc1cccc(OCc2cccnc2)c1)c1cccc(N2NC(=O)C3CC=CCC3C2=O)c1. The number of carbonyl (C=O) groups excluding carboxylic acids is 3. The van der Waals surface area contributed by atoms with Crippen LogP contribution in [0.15, 0.2) is 85.2 Å². The summed E-state index contributed by atoms with van der Waals surface area (Å²) in [7, 11) is 0. The van der Waals surface area contributed by atoms with Gasteiger partial charge in [-0.05, 0) is 49.2 Å². The number of hydrazine groups is 1. The highest BCUT2D eigenvalue weighted by atomic mass is 16.5. The number of hydrogen-bond acceptors (Lipinski definition) is 5. The van der Waals surface area contributed by atoms with E-state index < -0.39 is 0 Å². The number of fused-ring (bicyclic) bond motifs is 1. The third kappa shape index (κ3) is 4.91. The van der Waals surface area contributed by atoms with Gasteiger partial charge in [-0.25, -0.2) is 5.01 Å². The number of carbonyl (C=O) groups is 3. The normalized spacial score (nSPS) is 19.0. The van der Waals surface area contributed by atoms with Gasteiger partial charge in [-0.3, -0.25) is 24.8 Å². The van der Waals surface area contributed by atoms with Gasteiger partial charge >= 0.3 is 0 Å². The molecule has 1 aromatic heterocycles. The number of ether oxygens (including phenoxy) is 1. The maximum Gasteiger partial charge on any atom is 0.255 e. The lowest BCUT2D eigenvalue weighted by atomic mass is 9.80. The fraction of sp³-hybridized carbons (Fsp3) is 0.185. The highest BCUT2D eigenvalue weighted by molar-refractivity contribution is 6.07. The Morgan fingerprint density at radius 1 is 1.03 bits per heavy atom. The number of anilines is 2. The smallest absolute Gasteiger partial charge is 0.255 e. The van der Waals surface area contributed by atoms with Crippen LogP contribution in [-0.4, -0.2) is 22.7 Å². The molecule has 0 bridgehead atoms. The van der Waals surface area contributed by atoms with Crippen molar-refractivity contribution in [3.8, 4) is 5.75 Å². The third-order valence-corrected chi connectivity index (χ3v) is 6.12. The van der Waals surface area contributed by atoms with Crippen molar-refractivity contribution in [2.75, 3.05) is 10.3 Å². The van der Waals surface area contributed by atoms with E-state index >= 15 is 0 Å². The van der Waals surface area contributed by atoms with Gasteiger partial charge in [0.05, 0.1) is 17.5 Å². The Morgan fingerprint density at radius 3 is 2.69 bits per heavy atom. The molecule has 2 aromatic carbocycles. The Balaban J connectivity index is 1.28. The number of nitrogens with one attached hydrogen (secondary N) is 2. The van der Waals surface area contributed by atoms with Crippen molar-refractivity contribution in [1.82, 2.24) is 10.4 Å². The van der Waals surface area contributed by atoms with Gasteiger partial charge in [0.1, 0.15) is 12.4 Å². The predicted octanol–water partition coefficient (Wildman–Crippen LogP) is 3.87. The molecule has 8 nitrogen and oxygen atoms in total. The van der Waals surface area contributed by atoms with Crippen LogP contribution in [0.5, 0.6) is 5.75 Å². The molecule has 176 valence electrons. The molecule has 1 fully saturated rings. The second-order valence-corrected chi connectivity index (χ2v) is 8.49. The molecule has 3 amide bonds. The van der Waals surface area contributed by atoms with Crippen LogP contribution in [0.4, 0.5) is 11.4 Å². The van der Waals surface area contributed by atoms with Crippen molar-refractivity contribution < 1.29 is 19.1 Å². The lowest BCUT2D eigenvalue weighted by molar-refractivity contribution is -0.139. The molecule has 2 N–H and O–H groups in total. The fourth-order valence-electron chi connectivity index (χ4n) is 4.29. The number of benzene rings is 2. The average Bonchev–Trinajstić information content (AvgIpc) is 2.90. The number of aromatic nitrogens is 1. The van der Waals surface area contributed by atoms with E-state index in [9.17, 15) is 14.4 Å². The van der Waals surface area contributed by atoms with Crippen LogP contribution in [-0.2, 0) is 16.2 Å². The van der Waals surface area contributed by atoms with Crippen molar-refractivity contribution in [1.29, 1.82) is 0 Å². The summed E-state index contributed by atoms with van der Waals surface area (Å²) in [4.78, 5) is 42.6. The number of hydrogen-bond donors (Lipinski definition) is 2. The van der Waals surface area contributed by atoms with E-state index in [-0.39, 0.29) is 29.6 Å². The molecule has 2 unspecified atom stereocenters. The lowest BCUT2D eigenvalue weighted by Gasteiger charge is -2.38. The molecular weight excluding hydrogens is 444 g/mol. The number of rotatable bonds is 6. The van der Waals surface area contributed by atoms with Crippen molar-refractivity contribution in [3.63, 3.8) is 0 Å². The highest BCUT2D eigenvalue weighted by Crippen LogP contribution is 2.32. The van der Waals surface area contributed by atoms with Crippen molar-refractivity contribution in [2.45, 2.75) is 19.4 Å². The van der Waals surface area contributed by atoms with Gasteiger partial charge in [0, 0.05) is 35.3 Å². The molecule has 5 rings (SSSR count). The molecule has 2 heterocycles. The summed E-state index contributed by atoms with van der Waals surface area (Å²) in [5.74, 6) is -0.820. The Labute approximate surface area is 202 Å². The van der Waals surface area contributed by atoms with Gasteiger partial charge < -0.3 is 10.1 Å². The van der Waals surface area contributed by atoms with Crippen LogP contribution >= 0.6 is 0 Å². The van der Waals surface area contributed by atoms with Crippen molar-refractivity contribution >= 4 is 29.1 Å². The monoisotopic (exact) mass is 468 g/mol. The van der Waals surface area contributed by atoms with Crippen LogP contribution < -0.4 is 20.5 Å². The summed E-state index contributed by atoms with van der Waals surface area (Å²) < 4.78 is 5.80. The van der Waals surface area contributed by atoms with E-state index in [4.69, 9.17) is 4.74 Å². The molecule has 8 heteroatoms.